The van der Waals surface area contributed by atoms with E-state index in [2.05, 4.69) is 23.6 Å². The van der Waals surface area contributed by atoms with Gasteiger partial charge in [-0.05, 0) is 37.4 Å². The third-order valence-electron chi connectivity index (χ3n) is 3.27. The van der Waals surface area contributed by atoms with Gasteiger partial charge in [-0.25, -0.2) is 0 Å². The molecule has 1 aromatic rings. The maximum Gasteiger partial charge on any atom is 0.225 e. The van der Waals surface area contributed by atoms with Gasteiger partial charge in [-0.15, -0.1) is 12.4 Å². The maximum atomic E-state index is 11.9. The Morgan fingerprint density at radius 2 is 2.22 bits per heavy atom. The van der Waals surface area contributed by atoms with Crippen molar-refractivity contribution in [1.29, 1.82) is 0 Å². The zero-order valence-corrected chi connectivity index (χ0v) is 11.6. The van der Waals surface area contributed by atoms with Gasteiger partial charge >= 0.3 is 0 Å². The minimum absolute atomic E-state index is 0. The highest BCUT2D eigenvalue weighted by Gasteiger charge is 2.17. The molecule has 100 valence electrons. The molecule has 2 N–H and O–H groups in total. The number of carbonyl (C=O) groups excluding carboxylic acids is 1. The van der Waals surface area contributed by atoms with Crippen LogP contribution >= 0.6 is 12.4 Å². The van der Waals surface area contributed by atoms with Crippen LogP contribution in [0.2, 0.25) is 0 Å². The van der Waals surface area contributed by atoms with Crippen LogP contribution in [-0.2, 0) is 11.2 Å². The summed E-state index contributed by atoms with van der Waals surface area (Å²) in [5, 5.41) is 6.35. The summed E-state index contributed by atoms with van der Waals surface area (Å²) in [5.74, 6) is 0.116. The number of benzene rings is 1. The summed E-state index contributed by atoms with van der Waals surface area (Å²) in [7, 11) is 0. The Morgan fingerprint density at radius 3 is 2.89 bits per heavy atom. The molecule has 1 fully saturated rings. The fourth-order valence-electron chi connectivity index (χ4n) is 2.31. The van der Waals surface area contributed by atoms with E-state index >= 15 is 0 Å². The largest absolute Gasteiger partial charge is 0.326 e. The lowest BCUT2D eigenvalue weighted by Crippen LogP contribution is -2.27. The van der Waals surface area contributed by atoms with Crippen molar-refractivity contribution >= 4 is 24.0 Å². The molecule has 0 radical (unpaired) electrons. The Hall–Kier alpha value is -1.06. The van der Waals surface area contributed by atoms with Crippen LogP contribution in [0.15, 0.2) is 24.3 Å². The smallest absolute Gasteiger partial charge is 0.225 e. The molecule has 18 heavy (non-hydrogen) atoms. The number of anilines is 1. The van der Waals surface area contributed by atoms with Crippen LogP contribution < -0.4 is 10.6 Å². The van der Waals surface area contributed by atoms with Crippen LogP contribution in [0.5, 0.6) is 0 Å². The molecule has 1 aromatic carbocycles. The van der Waals surface area contributed by atoms with Gasteiger partial charge in [-0.1, -0.05) is 25.1 Å². The number of para-hydroxylation sites is 1. The van der Waals surface area contributed by atoms with Crippen molar-refractivity contribution in [3.63, 3.8) is 0 Å². The number of nitrogens with one attached hydrogen (secondary N) is 2. The second-order valence-corrected chi connectivity index (χ2v) is 4.56. The highest BCUT2D eigenvalue weighted by atomic mass is 35.5. The van der Waals surface area contributed by atoms with Crippen molar-refractivity contribution < 1.29 is 4.79 Å². The number of carbonyl (C=O) groups is 1. The summed E-state index contributed by atoms with van der Waals surface area (Å²) >= 11 is 0. The summed E-state index contributed by atoms with van der Waals surface area (Å²) in [6, 6.07) is 8.36. The van der Waals surface area contributed by atoms with Crippen molar-refractivity contribution in [2.75, 3.05) is 11.9 Å². The van der Waals surface area contributed by atoms with Gasteiger partial charge in [0.05, 0.1) is 0 Å². The van der Waals surface area contributed by atoms with E-state index in [-0.39, 0.29) is 18.3 Å². The topological polar surface area (TPSA) is 41.1 Å². The molecule has 4 heteroatoms. The predicted octanol–water partition coefficient (Wildman–Crippen LogP) is 2.75. The Labute approximate surface area is 115 Å². The Morgan fingerprint density at radius 1 is 1.44 bits per heavy atom. The van der Waals surface area contributed by atoms with Gasteiger partial charge in [0.2, 0.25) is 5.91 Å². The molecule has 3 nitrogen and oxygen atoms in total. The summed E-state index contributed by atoms with van der Waals surface area (Å²) in [6.45, 7) is 3.15. The first-order valence-electron chi connectivity index (χ1n) is 6.40. The molecule has 1 aliphatic rings. The predicted molar refractivity (Wildman–Crippen MR) is 77.3 cm³/mol. The normalized spacial score (nSPS) is 18.2. The minimum Gasteiger partial charge on any atom is -0.326 e. The molecule has 0 saturated carbocycles. The van der Waals surface area contributed by atoms with Crippen LogP contribution in [0.25, 0.3) is 0 Å². The Kier molecular flexibility index (Phi) is 6.16. The van der Waals surface area contributed by atoms with Gasteiger partial charge in [0.25, 0.3) is 0 Å². The molecule has 0 aromatic heterocycles. The van der Waals surface area contributed by atoms with Crippen LogP contribution in [0.3, 0.4) is 0 Å². The fourth-order valence-corrected chi connectivity index (χ4v) is 2.31. The van der Waals surface area contributed by atoms with Crippen LogP contribution in [-0.4, -0.2) is 18.5 Å². The number of aryl methyl sites for hydroxylation is 1. The van der Waals surface area contributed by atoms with Gasteiger partial charge in [0.15, 0.2) is 0 Å². The SMILES string of the molecule is CCc1ccccc1NC(=O)CC1CCCN1.Cl. The molecule has 0 spiro atoms. The van der Waals surface area contributed by atoms with Crippen LogP contribution in [0.1, 0.15) is 31.7 Å². The average molecular weight is 269 g/mol. The number of rotatable bonds is 4. The number of amides is 1. The van der Waals surface area contributed by atoms with Gasteiger partial charge < -0.3 is 10.6 Å². The lowest BCUT2D eigenvalue weighted by Gasteiger charge is -2.12. The van der Waals surface area contributed by atoms with Gasteiger partial charge in [0, 0.05) is 18.2 Å². The van der Waals surface area contributed by atoms with Gasteiger partial charge in [0.1, 0.15) is 0 Å². The maximum absolute atomic E-state index is 11.9. The van der Waals surface area contributed by atoms with Crippen LogP contribution in [0.4, 0.5) is 5.69 Å². The Balaban J connectivity index is 0.00000162. The van der Waals surface area contributed by atoms with Gasteiger partial charge in [-0.2, -0.15) is 0 Å². The lowest BCUT2D eigenvalue weighted by atomic mass is 10.1. The summed E-state index contributed by atoms with van der Waals surface area (Å²) < 4.78 is 0. The van der Waals surface area contributed by atoms with Crippen molar-refractivity contribution in [3.05, 3.63) is 29.8 Å². The third-order valence-corrected chi connectivity index (χ3v) is 3.27. The van der Waals surface area contributed by atoms with E-state index in [1.807, 2.05) is 18.2 Å². The quantitative estimate of drug-likeness (QED) is 0.882. The number of hydrogen-bond acceptors (Lipinski definition) is 2. The summed E-state index contributed by atoms with van der Waals surface area (Å²) in [5.41, 5.74) is 2.15. The highest BCUT2D eigenvalue weighted by Crippen LogP contribution is 2.16. The second kappa shape index (κ2) is 7.39. The van der Waals surface area contributed by atoms with E-state index in [9.17, 15) is 4.79 Å². The van der Waals surface area contributed by atoms with E-state index in [4.69, 9.17) is 0 Å². The van der Waals surface area contributed by atoms with Crippen molar-refractivity contribution in [2.45, 2.75) is 38.6 Å². The van der Waals surface area contributed by atoms with E-state index in [1.54, 1.807) is 0 Å². The molecule has 1 amide bonds. The molecular weight excluding hydrogens is 248 g/mol. The fraction of sp³-hybridized carbons (Fsp3) is 0.500. The third kappa shape index (κ3) is 4.00. The van der Waals surface area contributed by atoms with E-state index in [1.165, 1.54) is 12.0 Å². The van der Waals surface area contributed by atoms with Gasteiger partial charge in [-0.3, -0.25) is 4.79 Å². The second-order valence-electron chi connectivity index (χ2n) is 4.56. The molecule has 1 atom stereocenters. The van der Waals surface area contributed by atoms with Crippen molar-refractivity contribution in [1.82, 2.24) is 5.32 Å². The molecule has 0 aliphatic carbocycles. The van der Waals surface area contributed by atoms with E-state index < -0.39 is 0 Å². The molecule has 0 bridgehead atoms. The van der Waals surface area contributed by atoms with E-state index in [0.29, 0.717) is 12.5 Å². The highest BCUT2D eigenvalue weighted by molar-refractivity contribution is 5.91. The van der Waals surface area contributed by atoms with E-state index in [0.717, 1.165) is 25.1 Å². The summed E-state index contributed by atoms with van der Waals surface area (Å²) in [6.07, 6.45) is 3.82. The van der Waals surface area contributed by atoms with Crippen LogP contribution in [0, 0.1) is 0 Å². The molecule has 2 rings (SSSR count). The monoisotopic (exact) mass is 268 g/mol. The standard InChI is InChI=1S/C14H20N2O.ClH/c1-2-11-6-3-4-8-13(11)16-14(17)10-12-7-5-9-15-12;/h3-4,6,8,12,15H,2,5,7,9-10H2,1H3,(H,16,17);1H. The van der Waals surface area contributed by atoms with Crippen molar-refractivity contribution in [2.24, 2.45) is 0 Å². The van der Waals surface area contributed by atoms with Crippen molar-refractivity contribution in [3.8, 4) is 0 Å². The first-order chi connectivity index (χ1) is 8.29. The summed E-state index contributed by atoms with van der Waals surface area (Å²) in [4.78, 5) is 11.9. The lowest BCUT2D eigenvalue weighted by molar-refractivity contribution is -0.116. The molecule has 1 aliphatic heterocycles. The first-order valence-corrected chi connectivity index (χ1v) is 6.40. The zero-order valence-electron chi connectivity index (χ0n) is 10.7. The first kappa shape index (κ1) is 15.0. The molecular formula is C14H21ClN2O. The average Bonchev–Trinajstić information content (AvgIpc) is 2.82. The molecule has 1 unspecified atom stereocenters. The molecule has 1 saturated heterocycles. The molecule has 1 heterocycles. The minimum atomic E-state index is 0. The zero-order chi connectivity index (χ0) is 12.1. The Bertz CT molecular complexity index is 389. The number of halogens is 1. The number of hydrogen-bond donors (Lipinski definition) is 2.